The van der Waals surface area contributed by atoms with Gasteiger partial charge in [0.05, 0.1) is 26.4 Å². The first-order valence-electron chi connectivity index (χ1n) is 14.6. The van der Waals surface area contributed by atoms with Gasteiger partial charge in [-0.05, 0) is 12.8 Å². The Hall–Kier alpha value is -0.160. The summed E-state index contributed by atoms with van der Waals surface area (Å²) >= 11 is 0. The van der Waals surface area contributed by atoms with Gasteiger partial charge in [0, 0.05) is 10.8 Å². The van der Waals surface area contributed by atoms with Gasteiger partial charge in [-0.25, -0.2) is 0 Å². The van der Waals surface area contributed by atoms with Gasteiger partial charge < -0.3 is 20.4 Å². The van der Waals surface area contributed by atoms with Gasteiger partial charge in [0.25, 0.3) is 0 Å². The average Bonchev–Trinajstić information content (AvgIpc) is 2.84. The van der Waals surface area contributed by atoms with E-state index in [9.17, 15) is 20.4 Å². The Morgan fingerprint density at radius 3 is 0.576 bits per heavy atom. The molecule has 0 atom stereocenters. The van der Waals surface area contributed by atoms with Crippen LogP contribution in [0.1, 0.15) is 148 Å². The van der Waals surface area contributed by atoms with E-state index in [-0.39, 0.29) is 26.4 Å². The van der Waals surface area contributed by atoms with Gasteiger partial charge in [-0.3, -0.25) is 0 Å². The van der Waals surface area contributed by atoms with Crippen molar-refractivity contribution in [2.75, 3.05) is 26.4 Å². The summed E-state index contributed by atoms with van der Waals surface area (Å²) in [6.07, 6.45) is 28.2. The molecule has 0 spiro atoms. The fraction of sp³-hybridized carbons (Fsp3) is 1.00. The van der Waals surface area contributed by atoms with E-state index >= 15 is 0 Å². The van der Waals surface area contributed by atoms with Gasteiger partial charge in [0.1, 0.15) is 0 Å². The third-order valence-electron chi connectivity index (χ3n) is 8.65. The highest BCUT2D eigenvalue weighted by Crippen LogP contribution is 2.46. The molecule has 0 aromatic heterocycles. The van der Waals surface area contributed by atoms with Crippen molar-refractivity contribution >= 4 is 0 Å². The molecule has 0 aromatic rings. The molecule has 0 bridgehead atoms. The van der Waals surface area contributed by atoms with E-state index in [1.54, 1.807) is 0 Å². The fourth-order valence-corrected chi connectivity index (χ4v) is 5.90. The summed E-state index contributed by atoms with van der Waals surface area (Å²) in [5.74, 6) is 0. The van der Waals surface area contributed by atoms with E-state index < -0.39 is 10.8 Å². The van der Waals surface area contributed by atoms with Crippen molar-refractivity contribution in [3.05, 3.63) is 0 Å². The van der Waals surface area contributed by atoms with Crippen molar-refractivity contribution in [1.29, 1.82) is 0 Å². The molecule has 33 heavy (non-hydrogen) atoms. The molecule has 0 aromatic carbocycles. The lowest BCUT2D eigenvalue weighted by Crippen LogP contribution is -2.52. The highest BCUT2D eigenvalue weighted by Gasteiger charge is 2.49. The molecule has 4 N–H and O–H groups in total. The zero-order valence-electron chi connectivity index (χ0n) is 21.9. The normalized spacial score (nSPS) is 24.4. The minimum Gasteiger partial charge on any atom is -0.396 e. The first kappa shape index (κ1) is 30.9. The fourth-order valence-electron chi connectivity index (χ4n) is 5.90. The van der Waals surface area contributed by atoms with Gasteiger partial charge in [-0.15, -0.1) is 0 Å². The monoisotopic (exact) mass is 470 g/mol. The van der Waals surface area contributed by atoms with E-state index in [0.717, 1.165) is 25.7 Å². The zero-order valence-corrected chi connectivity index (χ0v) is 21.9. The molecule has 1 aliphatic carbocycles. The van der Waals surface area contributed by atoms with Crippen LogP contribution in [0, 0.1) is 10.8 Å². The Morgan fingerprint density at radius 2 is 0.424 bits per heavy atom. The molecule has 0 radical (unpaired) electrons. The third kappa shape index (κ3) is 11.9. The van der Waals surface area contributed by atoms with E-state index in [4.69, 9.17) is 0 Å². The van der Waals surface area contributed by atoms with Crippen molar-refractivity contribution < 1.29 is 20.4 Å². The SMILES string of the molecule is OCC1(CO)CCCCCCCCCCCCCCCCCCCCCCCC1(CO)CO. The smallest absolute Gasteiger partial charge is 0.0516 e. The van der Waals surface area contributed by atoms with Gasteiger partial charge in [-0.2, -0.15) is 0 Å². The lowest BCUT2D eigenvalue weighted by atomic mass is 9.60. The van der Waals surface area contributed by atoms with Gasteiger partial charge in [0.2, 0.25) is 0 Å². The van der Waals surface area contributed by atoms with E-state index in [1.165, 1.54) is 109 Å². The number of rotatable bonds is 4. The maximum atomic E-state index is 10.3. The standard InChI is InChI=1S/C29H58O4/c30-24-28(25-31)22-20-18-16-14-12-10-8-6-4-2-1-3-5-7-9-11-13-15-17-19-21-23-29(28,26-32)27-33/h30-33H,1-27H2. The first-order chi connectivity index (χ1) is 16.2. The van der Waals surface area contributed by atoms with Gasteiger partial charge in [-0.1, -0.05) is 135 Å². The summed E-state index contributed by atoms with van der Waals surface area (Å²) in [4.78, 5) is 0. The minimum atomic E-state index is -0.803. The predicted octanol–water partition coefficient (Wildman–Crippen LogP) is 6.91. The van der Waals surface area contributed by atoms with Crippen LogP contribution < -0.4 is 0 Å². The van der Waals surface area contributed by atoms with E-state index in [0.29, 0.717) is 12.8 Å². The van der Waals surface area contributed by atoms with Crippen LogP contribution in [0.25, 0.3) is 0 Å². The molecular formula is C29H58O4. The molecule has 198 valence electrons. The first-order valence-corrected chi connectivity index (χ1v) is 14.6. The van der Waals surface area contributed by atoms with Crippen LogP contribution in [0.3, 0.4) is 0 Å². The summed E-state index contributed by atoms with van der Waals surface area (Å²) in [7, 11) is 0. The molecular weight excluding hydrogens is 412 g/mol. The van der Waals surface area contributed by atoms with Crippen LogP contribution in [-0.4, -0.2) is 46.9 Å². The van der Waals surface area contributed by atoms with Crippen LogP contribution in [0.4, 0.5) is 0 Å². The van der Waals surface area contributed by atoms with Crippen LogP contribution in [-0.2, 0) is 0 Å². The predicted molar refractivity (Wildman–Crippen MR) is 139 cm³/mol. The molecule has 0 aliphatic heterocycles. The number of aliphatic hydroxyl groups excluding tert-OH is 4. The Morgan fingerprint density at radius 1 is 0.273 bits per heavy atom. The lowest BCUT2D eigenvalue weighted by Gasteiger charge is -2.47. The second-order valence-corrected chi connectivity index (χ2v) is 11.1. The van der Waals surface area contributed by atoms with E-state index in [1.807, 2.05) is 0 Å². The van der Waals surface area contributed by atoms with Gasteiger partial charge >= 0.3 is 0 Å². The minimum absolute atomic E-state index is 0.176. The number of aliphatic hydroxyl groups is 4. The summed E-state index contributed by atoms with van der Waals surface area (Å²) in [5.41, 5.74) is -1.61. The average molecular weight is 471 g/mol. The quantitative estimate of drug-likeness (QED) is 0.360. The molecule has 1 saturated carbocycles. The molecule has 4 heteroatoms. The Bertz CT molecular complexity index is 380. The van der Waals surface area contributed by atoms with Crippen molar-refractivity contribution in [1.82, 2.24) is 0 Å². The molecule has 1 rings (SSSR count). The number of hydrogen-bond donors (Lipinski definition) is 4. The largest absolute Gasteiger partial charge is 0.396 e. The number of hydrogen-bond acceptors (Lipinski definition) is 4. The molecule has 0 saturated heterocycles. The highest BCUT2D eigenvalue weighted by atomic mass is 16.3. The Balaban J connectivity index is 2.59. The Labute approximate surface area is 205 Å². The lowest BCUT2D eigenvalue weighted by molar-refractivity contribution is -0.124. The van der Waals surface area contributed by atoms with E-state index in [2.05, 4.69) is 0 Å². The zero-order chi connectivity index (χ0) is 24.1. The molecule has 0 heterocycles. The van der Waals surface area contributed by atoms with Crippen LogP contribution in [0.15, 0.2) is 0 Å². The summed E-state index contributed by atoms with van der Waals surface area (Å²) in [6, 6.07) is 0. The highest BCUT2D eigenvalue weighted by molar-refractivity contribution is 4.97. The van der Waals surface area contributed by atoms with Crippen LogP contribution in [0.5, 0.6) is 0 Å². The van der Waals surface area contributed by atoms with Gasteiger partial charge in [0.15, 0.2) is 0 Å². The van der Waals surface area contributed by atoms with Crippen LogP contribution >= 0.6 is 0 Å². The maximum Gasteiger partial charge on any atom is 0.0516 e. The van der Waals surface area contributed by atoms with Crippen molar-refractivity contribution in [2.24, 2.45) is 10.8 Å². The second-order valence-electron chi connectivity index (χ2n) is 11.1. The van der Waals surface area contributed by atoms with Crippen LogP contribution in [0.2, 0.25) is 0 Å². The summed E-state index contributed by atoms with van der Waals surface area (Å²) in [5, 5.41) is 41.1. The summed E-state index contributed by atoms with van der Waals surface area (Å²) in [6.45, 7) is -0.704. The molecule has 4 nitrogen and oxygen atoms in total. The second kappa shape index (κ2) is 20.1. The molecule has 1 fully saturated rings. The van der Waals surface area contributed by atoms with Crippen molar-refractivity contribution in [3.63, 3.8) is 0 Å². The van der Waals surface area contributed by atoms with Crippen molar-refractivity contribution in [2.45, 2.75) is 148 Å². The summed E-state index contributed by atoms with van der Waals surface area (Å²) < 4.78 is 0. The molecule has 1 aliphatic rings. The molecule has 0 amide bonds. The maximum absolute atomic E-state index is 10.3. The molecule has 0 unspecified atom stereocenters. The Kier molecular flexibility index (Phi) is 18.8. The van der Waals surface area contributed by atoms with Crippen molar-refractivity contribution in [3.8, 4) is 0 Å². The third-order valence-corrected chi connectivity index (χ3v) is 8.65. The topological polar surface area (TPSA) is 80.9 Å².